The zero-order chi connectivity index (χ0) is 18.1. The summed E-state index contributed by atoms with van der Waals surface area (Å²) in [6.45, 7) is 7.78. The van der Waals surface area contributed by atoms with Gasteiger partial charge in [0.05, 0.1) is 15.8 Å². The second-order valence-electron chi connectivity index (χ2n) is 6.38. The lowest BCUT2D eigenvalue weighted by Gasteiger charge is -2.20. The fraction of sp³-hybridized carbons (Fsp3) is 0.421. The van der Waals surface area contributed by atoms with E-state index in [1.165, 1.54) is 4.68 Å². The van der Waals surface area contributed by atoms with Crippen LogP contribution in [0.25, 0.3) is 20.2 Å². The molecule has 3 aromatic rings. The fourth-order valence-electron chi connectivity index (χ4n) is 3.00. The second kappa shape index (κ2) is 6.96. The average molecular weight is 357 g/mol. The molecule has 2 heterocycles. The molecule has 25 heavy (non-hydrogen) atoms. The Hall–Kier alpha value is -2.21. The molecule has 0 bridgehead atoms. The van der Waals surface area contributed by atoms with Crippen LogP contribution in [0.15, 0.2) is 29.1 Å². The van der Waals surface area contributed by atoms with Crippen molar-refractivity contribution in [3.8, 4) is 0 Å². The van der Waals surface area contributed by atoms with Gasteiger partial charge < -0.3 is 5.32 Å². The third-order valence-corrected chi connectivity index (χ3v) is 5.87. The van der Waals surface area contributed by atoms with E-state index in [2.05, 4.69) is 10.4 Å². The average Bonchev–Trinajstić information content (AvgIpc) is 3.00. The molecule has 0 aliphatic carbocycles. The standard InChI is InChI=1S/C19H23N3O2S/c1-5-11(3)20-18(23)14(6-2)22-19(24)16-13-9-7-8-10-15(13)25-17(16)12(4)21-22/h7-11,14H,5-6H2,1-4H3,(H,20,23)/t11-,14-/m0/s1. The molecule has 132 valence electrons. The smallest absolute Gasteiger partial charge is 0.276 e. The van der Waals surface area contributed by atoms with Crippen molar-refractivity contribution >= 4 is 37.4 Å². The molecule has 0 saturated carbocycles. The van der Waals surface area contributed by atoms with E-state index in [9.17, 15) is 9.59 Å². The van der Waals surface area contributed by atoms with E-state index in [1.807, 2.05) is 52.0 Å². The van der Waals surface area contributed by atoms with E-state index >= 15 is 0 Å². The maximum absolute atomic E-state index is 13.1. The Morgan fingerprint density at radius 3 is 2.68 bits per heavy atom. The lowest BCUT2D eigenvalue weighted by molar-refractivity contribution is -0.125. The second-order valence-corrected chi connectivity index (χ2v) is 7.43. The molecule has 2 aromatic heterocycles. The number of carbonyl (C=O) groups is 1. The monoisotopic (exact) mass is 357 g/mol. The molecule has 0 spiro atoms. The van der Waals surface area contributed by atoms with Crippen LogP contribution in [-0.4, -0.2) is 21.7 Å². The van der Waals surface area contributed by atoms with Gasteiger partial charge in [0.1, 0.15) is 6.04 Å². The van der Waals surface area contributed by atoms with Crippen molar-refractivity contribution in [2.24, 2.45) is 0 Å². The molecule has 3 rings (SSSR count). The summed E-state index contributed by atoms with van der Waals surface area (Å²) in [5.74, 6) is -0.148. The highest BCUT2D eigenvalue weighted by Gasteiger charge is 2.24. The molecule has 0 aliphatic heterocycles. The van der Waals surface area contributed by atoms with Crippen LogP contribution in [-0.2, 0) is 4.79 Å². The normalized spacial score (nSPS) is 13.9. The van der Waals surface area contributed by atoms with Gasteiger partial charge in [0, 0.05) is 16.1 Å². The third kappa shape index (κ3) is 3.06. The van der Waals surface area contributed by atoms with E-state index in [0.717, 1.165) is 26.9 Å². The van der Waals surface area contributed by atoms with Gasteiger partial charge in [0.2, 0.25) is 5.91 Å². The summed E-state index contributed by atoms with van der Waals surface area (Å²) in [7, 11) is 0. The van der Waals surface area contributed by atoms with Gasteiger partial charge in [-0.2, -0.15) is 5.10 Å². The predicted molar refractivity (Wildman–Crippen MR) is 103 cm³/mol. The van der Waals surface area contributed by atoms with Crippen molar-refractivity contribution < 1.29 is 4.79 Å². The number of rotatable bonds is 5. The van der Waals surface area contributed by atoms with Crippen LogP contribution in [0, 0.1) is 6.92 Å². The van der Waals surface area contributed by atoms with Gasteiger partial charge in [-0.1, -0.05) is 32.0 Å². The van der Waals surface area contributed by atoms with Crippen LogP contribution in [0.4, 0.5) is 0 Å². The summed E-state index contributed by atoms with van der Waals surface area (Å²) in [6, 6.07) is 7.34. The lowest BCUT2D eigenvalue weighted by Crippen LogP contribution is -2.41. The Labute approximate surface area is 150 Å². The molecule has 0 fully saturated rings. The molecule has 0 saturated heterocycles. The Morgan fingerprint density at radius 1 is 1.28 bits per heavy atom. The van der Waals surface area contributed by atoms with Gasteiger partial charge in [-0.15, -0.1) is 11.3 Å². The first-order valence-electron chi connectivity index (χ1n) is 8.68. The highest BCUT2D eigenvalue weighted by atomic mass is 32.1. The van der Waals surface area contributed by atoms with Crippen molar-refractivity contribution in [2.45, 2.75) is 52.6 Å². The number of nitrogens with one attached hydrogen (secondary N) is 1. The number of nitrogens with zero attached hydrogens (tertiary/aromatic N) is 2. The van der Waals surface area contributed by atoms with Gasteiger partial charge in [-0.05, 0) is 32.8 Å². The number of thiophene rings is 1. The molecule has 0 aliphatic rings. The minimum atomic E-state index is -0.594. The minimum Gasteiger partial charge on any atom is -0.352 e. The van der Waals surface area contributed by atoms with Crippen LogP contribution < -0.4 is 10.9 Å². The number of hydrogen-bond acceptors (Lipinski definition) is 4. The lowest BCUT2D eigenvalue weighted by atomic mass is 10.1. The van der Waals surface area contributed by atoms with Crippen molar-refractivity contribution in [1.29, 1.82) is 0 Å². The Bertz CT molecular complexity index is 989. The topological polar surface area (TPSA) is 64.0 Å². The summed E-state index contributed by atoms with van der Waals surface area (Å²) < 4.78 is 3.34. The Balaban J connectivity index is 2.19. The summed E-state index contributed by atoms with van der Waals surface area (Å²) in [6.07, 6.45) is 1.36. The third-order valence-electron chi connectivity index (χ3n) is 4.59. The first kappa shape index (κ1) is 17.6. The van der Waals surface area contributed by atoms with Gasteiger partial charge in [0.15, 0.2) is 0 Å². The molecular weight excluding hydrogens is 334 g/mol. The number of benzene rings is 1. The Kier molecular flexibility index (Phi) is 4.90. The zero-order valence-corrected chi connectivity index (χ0v) is 15.8. The van der Waals surface area contributed by atoms with Crippen LogP contribution in [0.2, 0.25) is 0 Å². The number of amides is 1. The van der Waals surface area contributed by atoms with Gasteiger partial charge in [-0.3, -0.25) is 9.59 Å². The van der Waals surface area contributed by atoms with Gasteiger partial charge >= 0.3 is 0 Å². The maximum Gasteiger partial charge on any atom is 0.276 e. The van der Waals surface area contributed by atoms with Crippen LogP contribution in [0.1, 0.15) is 45.3 Å². The molecule has 1 aromatic carbocycles. The van der Waals surface area contributed by atoms with Crippen molar-refractivity contribution in [2.75, 3.05) is 0 Å². The van der Waals surface area contributed by atoms with Crippen molar-refractivity contribution in [1.82, 2.24) is 15.1 Å². The first-order valence-corrected chi connectivity index (χ1v) is 9.50. The highest BCUT2D eigenvalue weighted by molar-refractivity contribution is 7.26. The summed E-state index contributed by atoms with van der Waals surface area (Å²) in [5, 5.41) is 9.05. The molecule has 1 N–H and O–H groups in total. The number of aromatic nitrogens is 2. The van der Waals surface area contributed by atoms with Crippen molar-refractivity contribution in [3.63, 3.8) is 0 Å². The molecule has 5 nitrogen and oxygen atoms in total. The summed E-state index contributed by atoms with van der Waals surface area (Å²) in [5.41, 5.74) is 0.592. The Morgan fingerprint density at radius 2 is 2.00 bits per heavy atom. The first-order chi connectivity index (χ1) is 12.0. The largest absolute Gasteiger partial charge is 0.352 e. The van der Waals surface area contributed by atoms with Crippen LogP contribution >= 0.6 is 11.3 Å². The minimum absolute atomic E-state index is 0.0732. The van der Waals surface area contributed by atoms with Crippen LogP contribution in [0.3, 0.4) is 0 Å². The number of fused-ring (bicyclic) bond motifs is 3. The molecule has 0 radical (unpaired) electrons. The quantitative estimate of drug-likeness (QED) is 0.756. The number of carbonyl (C=O) groups excluding carboxylic acids is 1. The summed E-state index contributed by atoms with van der Waals surface area (Å²) in [4.78, 5) is 25.8. The van der Waals surface area contributed by atoms with Gasteiger partial charge in [0.25, 0.3) is 5.56 Å². The molecule has 2 atom stereocenters. The van der Waals surface area contributed by atoms with E-state index in [4.69, 9.17) is 0 Å². The molecule has 1 amide bonds. The molecule has 0 unspecified atom stereocenters. The molecular formula is C19H23N3O2S. The number of hydrogen-bond donors (Lipinski definition) is 1. The van der Waals surface area contributed by atoms with E-state index in [0.29, 0.717) is 11.8 Å². The molecule has 6 heteroatoms. The predicted octanol–water partition coefficient (Wildman–Crippen LogP) is 3.79. The van der Waals surface area contributed by atoms with E-state index < -0.39 is 6.04 Å². The maximum atomic E-state index is 13.1. The van der Waals surface area contributed by atoms with Gasteiger partial charge in [-0.25, -0.2) is 4.68 Å². The SMILES string of the molecule is CC[C@H](C)NC(=O)[C@H](CC)n1nc(C)c2sc3ccccc3c2c1=O. The zero-order valence-electron chi connectivity index (χ0n) is 15.0. The highest BCUT2D eigenvalue weighted by Crippen LogP contribution is 2.33. The van der Waals surface area contributed by atoms with Crippen molar-refractivity contribution in [3.05, 3.63) is 40.3 Å². The van der Waals surface area contributed by atoms with E-state index in [1.54, 1.807) is 11.3 Å². The van der Waals surface area contributed by atoms with E-state index in [-0.39, 0.29) is 17.5 Å². The number of aryl methyl sites for hydroxylation is 1. The fourth-order valence-corrected chi connectivity index (χ4v) is 4.14. The summed E-state index contributed by atoms with van der Waals surface area (Å²) >= 11 is 1.58. The van der Waals surface area contributed by atoms with Crippen LogP contribution in [0.5, 0.6) is 0 Å².